The summed E-state index contributed by atoms with van der Waals surface area (Å²) in [6, 6.07) is 9.05. The fourth-order valence-corrected chi connectivity index (χ4v) is 2.98. The van der Waals surface area contributed by atoms with E-state index in [2.05, 4.69) is 19.9 Å². The molecule has 3 nitrogen and oxygen atoms in total. The molecule has 1 fully saturated rings. The second kappa shape index (κ2) is 3.33. The molecule has 1 aliphatic rings. The van der Waals surface area contributed by atoms with Gasteiger partial charge in [0.2, 0.25) is 0 Å². The first-order chi connectivity index (χ1) is 7.73. The van der Waals surface area contributed by atoms with Crippen LogP contribution in [0.1, 0.15) is 25.8 Å². The Morgan fingerprint density at radius 2 is 1.71 bits per heavy atom. The standard InChI is InChI=1S/C13H15NO2S/c1-12(2)8-13(12,9-14)10-4-6-11(7-5-10)17(3,15)16/h4-7H,8H2,1-3H3. The molecular formula is C13H15NO2S. The quantitative estimate of drug-likeness (QED) is 0.808. The number of nitrogens with zero attached hydrogens (tertiary/aromatic N) is 1. The fraction of sp³-hybridized carbons (Fsp3) is 0.462. The average Bonchev–Trinajstić information content (AvgIpc) is 2.81. The van der Waals surface area contributed by atoms with Crippen molar-refractivity contribution >= 4 is 9.84 Å². The van der Waals surface area contributed by atoms with E-state index < -0.39 is 15.3 Å². The molecule has 0 radical (unpaired) electrons. The Balaban J connectivity index is 2.42. The van der Waals surface area contributed by atoms with Crippen LogP contribution in [0.25, 0.3) is 0 Å². The highest BCUT2D eigenvalue weighted by Gasteiger charge is 2.62. The van der Waals surface area contributed by atoms with Gasteiger partial charge in [0.25, 0.3) is 0 Å². The zero-order chi connectivity index (χ0) is 12.9. The summed E-state index contributed by atoms with van der Waals surface area (Å²) in [7, 11) is -3.16. The molecule has 0 spiro atoms. The summed E-state index contributed by atoms with van der Waals surface area (Å²) < 4.78 is 22.7. The number of rotatable bonds is 2. The predicted molar refractivity (Wildman–Crippen MR) is 65.2 cm³/mol. The van der Waals surface area contributed by atoms with E-state index >= 15 is 0 Å². The second-order valence-electron chi connectivity index (χ2n) is 5.37. The van der Waals surface area contributed by atoms with E-state index in [0.29, 0.717) is 4.90 Å². The topological polar surface area (TPSA) is 57.9 Å². The Morgan fingerprint density at radius 1 is 1.24 bits per heavy atom. The Morgan fingerprint density at radius 3 is 2.00 bits per heavy atom. The van der Waals surface area contributed by atoms with Gasteiger partial charge in [-0.3, -0.25) is 0 Å². The molecule has 1 aromatic carbocycles. The van der Waals surface area contributed by atoms with Crippen LogP contribution in [0.2, 0.25) is 0 Å². The molecule has 4 heteroatoms. The van der Waals surface area contributed by atoms with E-state index in [4.69, 9.17) is 0 Å². The summed E-state index contributed by atoms with van der Waals surface area (Å²) in [6.45, 7) is 4.11. The van der Waals surface area contributed by atoms with Crippen LogP contribution in [0.5, 0.6) is 0 Å². The van der Waals surface area contributed by atoms with Gasteiger partial charge >= 0.3 is 0 Å². The number of hydrogen-bond donors (Lipinski definition) is 0. The van der Waals surface area contributed by atoms with Crippen LogP contribution < -0.4 is 0 Å². The highest BCUT2D eigenvalue weighted by molar-refractivity contribution is 7.90. The number of benzene rings is 1. The average molecular weight is 249 g/mol. The van der Waals surface area contributed by atoms with Gasteiger partial charge in [-0.1, -0.05) is 26.0 Å². The predicted octanol–water partition coefficient (Wildman–Crippen LogP) is 2.28. The zero-order valence-corrected chi connectivity index (χ0v) is 11.0. The van der Waals surface area contributed by atoms with Crippen molar-refractivity contribution in [2.24, 2.45) is 5.41 Å². The Kier molecular flexibility index (Phi) is 2.38. The summed E-state index contributed by atoms with van der Waals surface area (Å²) in [4.78, 5) is 0.299. The van der Waals surface area contributed by atoms with Crippen LogP contribution in [-0.2, 0) is 15.3 Å². The third kappa shape index (κ3) is 1.75. The third-order valence-electron chi connectivity index (χ3n) is 3.70. The Bertz CT molecular complexity index is 593. The number of hydrogen-bond acceptors (Lipinski definition) is 3. The van der Waals surface area contributed by atoms with Gasteiger partial charge in [-0.15, -0.1) is 0 Å². The van der Waals surface area contributed by atoms with Crippen LogP contribution in [0.4, 0.5) is 0 Å². The zero-order valence-electron chi connectivity index (χ0n) is 10.2. The molecule has 0 amide bonds. The molecule has 0 N–H and O–H groups in total. The lowest BCUT2D eigenvalue weighted by Gasteiger charge is -2.12. The van der Waals surface area contributed by atoms with Crippen molar-refractivity contribution in [1.29, 1.82) is 5.26 Å². The van der Waals surface area contributed by atoms with Gasteiger partial charge in [0.1, 0.15) is 0 Å². The molecule has 17 heavy (non-hydrogen) atoms. The summed E-state index contributed by atoms with van der Waals surface area (Å²) in [5, 5.41) is 9.31. The van der Waals surface area contributed by atoms with Crippen LogP contribution in [-0.4, -0.2) is 14.7 Å². The Hall–Kier alpha value is -1.34. The van der Waals surface area contributed by atoms with Crippen LogP contribution >= 0.6 is 0 Å². The number of nitriles is 1. The first-order valence-electron chi connectivity index (χ1n) is 5.45. The first kappa shape index (κ1) is 12.1. The molecule has 0 saturated heterocycles. The number of sulfone groups is 1. The van der Waals surface area contributed by atoms with E-state index in [1.54, 1.807) is 24.3 Å². The Labute approximate surface area is 102 Å². The van der Waals surface area contributed by atoms with Crippen LogP contribution in [0.15, 0.2) is 29.2 Å². The minimum Gasteiger partial charge on any atom is -0.224 e. The molecule has 2 rings (SSSR count). The minimum absolute atomic E-state index is 0.0195. The van der Waals surface area contributed by atoms with Crippen molar-refractivity contribution in [1.82, 2.24) is 0 Å². The van der Waals surface area contributed by atoms with Gasteiger partial charge in [-0.2, -0.15) is 5.26 Å². The molecule has 1 atom stereocenters. The molecule has 0 aromatic heterocycles. The first-order valence-corrected chi connectivity index (χ1v) is 7.34. The van der Waals surface area contributed by atoms with E-state index in [1.807, 2.05) is 0 Å². The van der Waals surface area contributed by atoms with Crippen molar-refractivity contribution in [2.75, 3.05) is 6.26 Å². The third-order valence-corrected chi connectivity index (χ3v) is 4.83. The van der Waals surface area contributed by atoms with Gasteiger partial charge in [0.05, 0.1) is 16.4 Å². The summed E-state index contributed by atoms with van der Waals surface area (Å²) in [6.07, 6.45) is 2.01. The highest BCUT2D eigenvalue weighted by atomic mass is 32.2. The molecule has 90 valence electrons. The van der Waals surface area contributed by atoms with E-state index in [1.165, 1.54) is 6.26 Å². The molecule has 1 aromatic rings. The maximum absolute atomic E-state index is 11.3. The van der Waals surface area contributed by atoms with Gasteiger partial charge in [0, 0.05) is 6.26 Å². The van der Waals surface area contributed by atoms with E-state index in [9.17, 15) is 13.7 Å². The van der Waals surface area contributed by atoms with Crippen molar-refractivity contribution in [3.05, 3.63) is 29.8 Å². The molecular weight excluding hydrogens is 234 g/mol. The van der Waals surface area contributed by atoms with Crippen molar-refractivity contribution in [3.63, 3.8) is 0 Å². The maximum Gasteiger partial charge on any atom is 0.175 e. The van der Waals surface area contributed by atoms with Crippen LogP contribution in [0.3, 0.4) is 0 Å². The fourth-order valence-electron chi connectivity index (χ4n) is 2.35. The van der Waals surface area contributed by atoms with Gasteiger partial charge in [-0.25, -0.2) is 8.42 Å². The van der Waals surface area contributed by atoms with E-state index in [-0.39, 0.29) is 5.41 Å². The van der Waals surface area contributed by atoms with E-state index in [0.717, 1.165) is 12.0 Å². The minimum atomic E-state index is -3.16. The summed E-state index contributed by atoms with van der Waals surface area (Å²) in [5.41, 5.74) is 0.453. The lowest BCUT2D eigenvalue weighted by Crippen LogP contribution is -2.11. The molecule has 1 aliphatic carbocycles. The molecule has 1 unspecified atom stereocenters. The lowest BCUT2D eigenvalue weighted by atomic mass is 9.89. The maximum atomic E-state index is 11.3. The van der Waals surface area contributed by atoms with Crippen molar-refractivity contribution < 1.29 is 8.42 Å². The molecule has 0 heterocycles. The summed E-state index contributed by atoms with van der Waals surface area (Å²) >= 11 is 0. The van der Waals surface area contributed by atoms with Crippen molar-refractivity contribution in [3.8, 4) is 6.07 Å². The second-order valence-corrected chi connectivity index (χ2v) is 7.39. The van der Waals surface area contributed by atoms with Gasteiger partial charge < -0.3 is 0 Å². The highest BCUT2D eigenvalue weighted by Crippen LogP contribution is 2.63. The van der Waals surface area contributed by atoms with Gasteiger partial charge in [0.15, 0.2) is 9.84 Å². The smallest absolute Gasteiger partial charge is 0.175 e. The van der Waals surface area contributed by atoms with Crippen LogP contribution in [0, 0.1) is 16.7 Å². The summed E-state index contributed by atoms with van der Waals surface area (Å²) in [5.74, 6) is 0. The monoisotopic (exact) mass is 249 g/mol. The largest absolute Gasteiger partial charge is 0.224 e. The van der Waals surface area contributed by atoms with Crippen molar-refractivity contribution in [2.45, 2.75) is 30.6 Å². The lowest BCUT2D eigenvalue weighted by molar-refractivity contribution is 0.569. The molecule has 0 aliphatic heterocycles. The molecule has 1 saturated carbocycles. The normalized spacial score (nSPS) is 26.2. The SMILES string of the molecule is CC1(C)CC1(C#N)c1ccc(S(C)(=O)=O)cc1. The van der Waals surface area contributed by atoms with Gasteiger partial charge in [-0.05, 0) is 29.5 Å². The molecule has 0 bridgehead atoms.